The third-order valence-electron chi connectivity index (χ3n) is 1.69. The van der Waals surface area contributed by atoms with Crippen molar-refractivity contribution in [2.75, 3.05) is 5.32 Å². The third kappa shape index (κ3) is 2.75. The first-order valence-corrected chi connectivity index (χ1v) is 4.27. The normalized spacial score (nSPS) is 11.8. The Kier molecular flexibility index (Phi) is 3.27. The van der Waals surface area contributed by atoms with Gasteiger partial charge in [0.25, 0.3) is 0 Å². The number of nitrogens with one attached hydrogen (secondary N) is 1. The van der Waals surface area contributed by atoms with Gasteiger partial charge in [0.2, 0.25) is 5.95 Å². The molecule has 0 saturated carbocycles. The van der Waals surface area contributed by atoms with Gasteiger partial charge in [-0.05, 0) is 18.9 Å². The Hall–Kier alpha value is -1.56. The van der Waals surface area contributed by atoms with Gasteiger partial charge in [-0.1, -0.05) is 12.8 Å². The van der Waals surface area contributed by atoms with Gasteiger partial charge in [0, 0.05) is 12.4 Å². The van der Waals surface area contributed by atoms with E-state index in [2.05, 4.69) is 21.2 Å². The van der Waals surface area contributed by atoms with E-state index in [0.717, 1.165) is 12.0 Å². The average molecular weight is 175 g/mol. The van der Waals surface area contributed by atoms with Crippen LogP contribution in [0, 0.1) is 19.3 Å². The van der Waals surface area contributed by atoms with Gasteiger partial charge in [0.05, 0.1) is 6.04 Å². The maximum Gasteiger partial charge on any atom is 0.223 e. The zero-order valence-corrected chi connectivity index (χ0v) is 7.91. The van der Waals surface area contributed by atoms with Crippen molar-refractivity contribution in [1.29, 1.82) is 0 Å². The van der Waals surface area contributed by atoms with Crippen LogP contribution in [-0.4, -0.2) is 16.0 Å². The van der Waals surface area contributed by atoms with Crippen LogP contribution in [0.25, 0.3) is 0 Å². The standard InChI is InChI=1S/C10H13N3/c1-4-9(5-2)13-10-11-6-8(3)7-12-10/h1,6-7,9H,5H2,2-3H3,(H,11,12,13). The topological polar surface area (TPSA) is 37.8 Å². The molecule has 0 amide bonds. The van der Waals surface area contributed by atoms with Crippen molar-refractivity contribution in [3.63, 3.8) is 0 Å². The van der Waals surface area contributed by atoms with Crippen LogP contribution in [0.1, 0.15) is 18.9 Å². The summed E-state index contributed by atoms with van der Waals surface area (Å²) in [5, 5.41) is 3.05. The van der Waals surface area contributed by atoms with Crippen molar-refractivity contribution >= 4 is 5.95 Å². The number of aromatic nitrogens is 2. The lowest BCUT2D eigenvalue weighted by Gasteiger charge is -2.09. The molecule has 13 heavy (non-hydrogen) atoms. The molecule has 0 bridgehead atoms. The molecule has 0 aliphatic heterocycles. The predicted octanol–water partition coefficient (Wildman–Crippen LogP) is 1.61. The molecule has 1 aromatic heterocycles. The first-order chi connectivity index (χ1) is 6.26. The smallest absolute Gasteiger partial charge is 0.223 e. The lowest BCUT2D eigenvalue weighted by atomic mass is 10.2. The number of terminal acetylenes is 1. The van der Waals surface area contributed by atoms with Crippen LogP contribution in [0.4, 0.5) is 5.95 Å². The Morgan fingerprint density at radius 2 is 2.15 bits per heavy atom. The zero-order chi connectivity index (χ0) is 9.68. The fourth-order valence-electron chi connectivity index (χ4n) is 0.885. The summed E-state index contributed by atoms with van der Waals surface area (Å²) >= 11 is 0. The van der Waals surface area contributed by atoms with Crippen molar-refractivity contribution in [3.05, 3.63) is 18.0 Å². The molecule has 68 valence electrons. The first kappa shape index (κ1) is 9.53. The predicted molar refractivity (Wildman–Crippen MR) is 53.3 cm³/mol. The molecule has 1 atom stereocenters. The molecule has 0 aliphatic rings. The fourth-order valence-corrected chi connectivity index (χ4v) is 0.885. The highest BCUT2D eigenvalue weighted by atomic mass is 15.1. The van der Waals surface area contributed by atoms with Gasteiger partial charge in [0.1, 0.15) is 0 Å². The van der Waals surface area contributed by atoms with E-state index in [1.807, 2.05) is 13.8 Å². The summed E-state index contributed by atoms with van der Waals surface area (Å²) in [7, 11) is 0. The highest BCUT2D eigenvalue weighted by Crippen LogP contribution is 2.02. The third-order valence-corrected chi connectivity index (χ3v) is 1.69. The van der Waals surface area contributed by atoms with Crippen LogP contribution in [0.2, 0.25) is 0 Å². The Balaban J connectivity index is 2.64. The Morgan fingerprint density at radius 1 is 1.54 bits per heavy atom. The summed E-state index contributed by atoms with van der Waals surface area (Å²) in [5.41, 5.74) is 1.04. The number of hydrogen-bond donors (Lipinski definition) is 1. The van der Waals surface area contributed by atoms with E-state index in [1.165, 1.54) is 0 Å². The monoisotopic (exact) mass is 175 g/mol. The largest absolute Gasteiger partial charge is 0.341 e. The average Bonchev–Trinajstić information content (AvgIpc) is 2.17. The molecule has 1 heterocycles. The van der Waals surface area contributed by atoms with E-state index >= 15 is 0 Å². The molecular formula is C10H13N3. The Bertz CT molecular complexity index is 297. The van der Waals surface area contributed by atoms with Crippen LogP contribution < -0.4 is 5.32 Å². The summed E-state index contributed by atoms with van der Waals surface area (Å²) in [6.07, 6.45) is 9.69. The molecule has 0 radical (unpaired) electrons. The second-order valence-electron chi connectivity index (χ2n) is 2.86. The van der Waals surface area contributed by atoms with Crippen LogP contribution in [-0.2, 0) is 0 Å². The highest BCUT2D eigenvalue weighted by Gasteiger charge is 2.02. The van der Waals surface area contributed by atoms with Crippen LogP contribution in [0.15, 0.2) is 12.4 Å². The van der Waals surface area contributed by atoms with E-state index in [0.29, 0.717) is 5.95 Å². The van der Waals surface area contributed by atoms with Crippen LogP contribution >= 0.6 is 0 Å². The van der Waals surface area contributed by atoms with Gasteiger partial charge in [-0.15, -0.1) is 6.42 Å². The molecule has 0 spiro atoms. The molecule has 1 aromatic rings. The second-order valence-corrected chi connectivity index (χ2v) is 2.86. The van der Waals surface area contributed by atoms with E-state index in [4.69, 9.17) is 6.42 Å². The molecule has 3 heteroatoms. The quantitative estimate of drug-likeness (QED) is 0.709. The van der Waals surface area contributed by atoms with E-state index in [9.17, 15) is 0 Å². The molecule has 1 rings (SSSR count). The van der Waals surface area contributed by atoms with Crippen molar-refractivity contribution < 1.29 is 0 Å². The molecule has 1 N–H and O–H groups in total. The highest BCUT2D eigenvalue weighted by molar-refractivity contribution is 5.29. The van der Waals surface area contributed by atoms with Gasteiger partial charge >= 0.3 is 0 Å². The summed E-state index contributed by atoms with van der Waals surface area (Å²) in [6, 6.07) is 0.0164. The minimum Gasteiger partial charge on any atom is -0.341 e. The number of hydrogen-bond acceptors (Lipinski definition) is 3. The summed E-state index contributed by atoms with van der Waals surface area (Å²) < 4.78 is 0. The summed E-state index contributed by atoms with van der Waals surface area (Å²) in [5.74, 6) is 3.22. The van der Waals surface area contributed by atoms with E-state index in [-0.39, 0.29) is 6.04 Å². The molecule has 0 saturated heterocycles. The lowest BCUT2D eigenvalue weighted by molar-refractivity contribution is 0.840. The number of anilines is 1. The van der Waals surface area contributed by atoms with Gasteiger partial charge in [-0.3, -0.25) is 0 Å². The molecule has 1 unspecified atom stereocenters. The van der Waals surface area contributed by atoms with Gasteiger partial charge < -0.3 is 5.32 Å². The minimum absolute atomic E-state index is 0.0164. The second kappa shape index (κ2) is 4.46. The van der Waals surface area contributed by atoms with Crippen molar-refractivity contribution in [1.82, 2.24) is 9.97 Å². The maximum atomic E-state index is 5.29. The fraction of sp³-hybridized carbons (Fsp3) is 0.400. The molecule has 0 fully saturated rings. The van der Waals surface area contributed by atoms with Gasteiger partial charge in [-0.25, -0.2) is 9.97 Å². The van der Waals surface area contributed by atoms with Crippen LogP contribution in [0.3, 0.4) is 0 Å². The molecular weight excluding hydrogens is 162 g/mol. The Labute approximate surface area is 78.6 Å². The molecule has 0 aromatic carbocycles. The summed E-state index contributed by atoms with van der Waals surface area (Å²) in [6.45, 7) is 3.97. The SMILES string of the molecule is C#CC(CC)Nc1ncc(C)cn1. The number of rotatable bonds is 3. The number of nitrogens with zero attached hydrogens (tertiary/aromatic N) is 2. The van der Waals surface area contributed by atoms with E-state index < -0.39 is 0 Å². The first-order valence-electron chi connectivity index (χ1n) is 4.27. The van der Waals surface area contributed by atoms with Gasteiger partial charge in [0.15, 0.2) is 0 Å². The Morgan fingerprint density at radius 3 is 2.62 bits per heavy atom. The van der Waals surface area contributed by atoms with Crippen molar-refractivity contribution in [2.45, 2.75) is 26.3 Å². The number of aryl methyl sites for hydroxylation is 1. The molecule has 3 nitrogen and oxygen atoms in total. The van der Waals surface area contributed by atoms with Crippen molar-refractivity contribution in [2.24, 2.45) is 0 Å². The lowest BCUT2D eigenvalue weighted by Crippen LogP contribution is -2.17. The minimum atomic E-state index is 0.0164. The zero-order valence-electron chi connectivity index (χ0n) is 7.91. The summed E-state index contributed by atoms with van der Waals surface area (Å²) in [4.78, 5) is 8.19. The van der Waals surface area contributed by atoms with E-state index in [1.54, 1.807) is 12.4 Å². The van der Waals surface area contributed by atoms with Crippen molar-refractivity contribution in [3.8, 4) is 12.3 Å². The maximum absolute atomic E-state index is 5.29. The van der Waals surface area contributed by atoms with Crippen LogP contribution in [0.5, 0.6) is 0 Å². The van der Waals surface area contributed by atoms with Gasteiger partial charge in [-0.2, -0.15) is 0 Å². The molecule has 0 aliphatic carbocycles.